The monoisotopic (exact) mass is 298 g/mol. The number of hydrogen-bond acceptors (Lipinski definition) is 3. The summed E-state index contributed by atoms with van der Waals surface area (Å²) in [7, 11) is 0. The van der Waals surface area contributed by atoms with E-state index in [4.69, 9.17) is 9.84 Å². The molecule has 1 heterocycles. The fraction of sp³-hybridized carbons (Fsp3) is 0.125. The highest BCUT2D eigenvalue weighted by Crippen LogP contribution is 2.34. The summed E-state index contributed by atoms with van der Waals surface area (Å²) >= 11 is 0. The van der Waals surface area contributed by atoms with Gasteiger partial charge in [-0.1, -0.05) is 42.5 Å². The van der Waals surface area contributed by atoms with Crippen molar-refractivity contribution < 1.29 is 19.4 Å². The van der Waals surface area contributed by atoms with Gasteiger partial charge in [0.05, 0.1) is 5.69 Å². The topological polar surface area (TPSA) is 87.7 Å². The Morgan fingerprint density at radius 3 is 2.50 bits per heavy atom. The van der Waals surface area contributed by atoms with E-state index >= 15 is 0 Å². The van der Waals surface area contributed by atoms with Gasteiger partial charge in [-0.05, 0) is 17.7 Å². The molecule has 0 unspecified atom stereocenters. The van der Waals surface area contributed by atoms with Crippen LogP contribution in [0.1, 0.15) is 11.7 Å². The van der Waals surface area contributed by atoms with E-state index in [0.717, 1.165) is 0 Å². The van der Waals surface area contributed by atoms with Crippen molar-refractivity contribution in [1.29, 1.82) is 0 Å². The standard InChI is InChI=1S/C16H14N2O4/c19-15-13(18-16(20)21)14(10-6-2-1-3-7-10)22-12-9-5-4-8-11(12)17-15/h1-9,13-14,18H,(H,17,19)(H,20,21)/t13-,14-/m0/s1. The zero-order chi connectivity index (χ0) is 15.5. The van der Waals surface area contributed by atoms with Gasteiger partial charge in [0.15, 0.2) is 12.1 Å². The lowest BCUT2D eigenvalue weighted by Gasteiger charge is -2.24. The number of rotatable bonds is 2. The molecule has 0 fully saturated rings. The second-order valence-electron chi connectivity index (χ2n) is 4.86. The van der Waals surface area contributed by atoms with Crippen LogP contribution in [-0.2, 0) is 4.79 Å². The van der Waals surface area contributed by atoms with Gasteiger partial charge in [-0.2, -0.15) is 0 Å². The van der Waals surface area contributed by atoms with E-state index in [-0.39, 0.29) is 0 Å². The minimum atomic E-state index is -1.28. The number of amides is 2. The third-order valence-electron chi connectivity index (χ3n) is 3.39. The average molecular weight is 298 g/mol. The molecule has 2 aromatic carbocycles. The highest BCUT2D eigenvalue weighted by molar-refractivity contribution is 5.98. The Bertz CT molecular complexity index is 702. The van der Waals surface area contributed by atoms with Crippen LogP contribution in [0.4, 0.5) is 10.5 Å². The Morgan fingerprint density at radius 1 is 1.09 bits per heavy atom. The van der Waals surface area contributed by atoms with E-state index in [1.54, 1.807) is 36.4 Å². The SMILES string of the molecule is O=C(O)N[C@@H]1C(=O)Nc2ccccc2O[C@H]1c1ccccc1. The molecule has 0 radical (unpaired) electrons. The molecule has 2 aromatic rings. The summed E-state index contributed by atoms with van der Waals surface area (Å²) in [5, 5.41) is 13.9. The molecule has 2 amide bonds. The predicted octanol–water partition coefficient (Wildman–Crippen LogP) is 2.39. The molecule has 3 N–H and O–H groups in total. The molecule has 0 saturated carbocycles. The minimum Gasteiger partial charge on any atom is -0.481 e. The summed E-state index contributed by atoms with van der Waals surface area (Å²) in [5.41, 5.74) is 1.23. The lowest BCUT2D eigenvalue weighted by atomic mass is 10.0. The molecule has 2 atom stereocenters. The Balaban J connectivity index is 2.04. The van der Waals surface area contributed by atoms with Crippen LogP contribution in [0.3, 0.4) is 0 Å². The van der Waals surface area contributed by atoms with Crippen molar-refractivity contribution in [1.82, 2.24) is 5.32 Å². The molecule has 112 valence electrons. The van der Waals surface area contributed by atoms with Crippen molar-refractivity contribution in [2.75, 3.05) is 5.32 Å². The molecule has 0 aliphatic carbocycles. The van der Waals surface area contributed by atoms with Gasteiger partial charge >= 0.3 is 6.09 Å². The van der Waals surface area contributed by atoms with Crippen molar-refractivity contribution in [3.05, 3.63) is 60.2 Å². The van der Waals surface area contributed by atoms with Crippen LogP contribution in [0, 0.1) is 0 Å². The Hall–Kier alpha value is -3.02. The van der Waals surface area contributed by atoms with E-state index in [2.05, 4.69) is 10.6 Å². The molecule has 0 spiro atoms. The van der Waals surface area contributed by atoms with Crippen LogP contribution in [0.5, 0.6) is 5.75 Å². The second kappa shape index (κ2) is 5.77. The van der Waals surface area contributed by atoms with Crippen molar-refractivity contribution in [2.45, 2.75) is 12.1 Å². The number of fused-ring (bicyclic) bond motifs is 1. The molecule has 0 aromatic heterocycles. The number of carbonyl (C=O) groups is 2. The highest BCUT2D eigenvalue weighted by Gasteiger charge is 2.36. The minimum absolute atomic E-state index is 0.457. The number of ether oxygens (including phenoxy) is 1. The maximum absolute atomic E-state index is 12.4. The molecule has 6 heteroatoms. The van der Waals surface area contributed by atoms with Gasteiger partial charge < -0.3 is 20.5 Å². The van der Waals surface area contributed by atoms with Crippen LogP contribution >= 0.6 is 0 Å². The number of carbonyl (C=O) groups excluding carboxylic acids is 1. The van der Waals surface area contributed by atoms with Gasteiger partial charge in [-0.25, -0.2) is 4.79 Å². The largest absolute Gasteiger partial charge is 0.481 e. The highest BCUT2D eigenvalue weighted by atomic mass is 16.5. The fourth-order valence-corrected chi connectivity index (χ4v) is 2.40. The Kier molecular flexibility index (Phi) is 3.65. The smallest absolute Gasteiger partial charge is 0.405 e. The van der Waals surface area contributed by atoms with Gasteiger partial charge in [0, 0.05) is 0 Å². The molecular formula is C16H14N2O4. The summed E-state index contributed by atoms with van der Waals surface area (Å²) in [4.78, 5) is 23.4. The first kappa shape index (κ1) is 13.9. The van der Waals surface area contributed by atoms with E-state index < -0.39 is 24.1 Å². The van der Waals surface area contributed by atoms with E-state index in [9.17, 15) is 9.59 Å². The first-order valence-corrected chi connectivity index (χ1v) is 6.76. The van der Waals surface area contributed by atoms with Crippen molar-refractivity contribution in [2.24, 2.45) is 0 Å². The quantitative estimate of drug-likeness (QED) is 0.794. The number of anilines is 1. The summed E-state index contributed by atoms with van der Waals surface area (Å²) in [5.74, 6) is 0.0422. The molecule has 3 rings (SSSR count). The van der Waals surface area contributed by atoms with Crippen LogP contribution in [0.25, 0.3) is 0 Å². The average Bonchev–Trinajstić information content (AvgIpc) is 2.65. The fourth-order valence-electron chi connectivity index (χ4n) is 2.40. The van der Waals surface area contributed by atoms with Gasteiger partial charge in [-0.15, -0.1) is 0 Å². The number of nitrogens with one attached hydrogen (secondary N) is 2. The van der Waals surface area contributed by atoms with Gasteiger partial charge in [0.25, 0.3) is 5.91 Å². The Labute approximate surface area is 126 Å². The first-order valence-electron chi connectivity index (χ1n) is 6.76. The molecule has 1 aliphatic rings. The normalized spacial score (nSPS) is 20.1. The predicted molar refractivity (Wildman–Crippen MR) is 79.8 cm³/mol. The maximum Gasteiger partial charge on any atom is 0.405 e. The maximum atomic E-state index is 12.4. The summed E-state index contributed by atoms with van der Waals surface area (Å²) < 4.78 is 5.92. The summed E-state index contributed by atoms with van der Waals surface area (Å²) in [6.07, 6.45) is -2.03. The molecule has 6 nitrogen and oxygen atoms in total. The third kappa shape index (κ3) is 2.71. The molecule has 0 saturated heterocycles. The number of para-hydroxylation sites is 2. The third-order valence-corrected chi connectivity index (χ3v) is 3.39. The van der Waals surface area contributed by atoms with Crippen molar-refractivity contribution in [3.63, 3.8) is 0 Å². The summed E-state index contributed by atoms with van der Waals surface area (Å²) in [6.45, 7) is 0. The zero-order valence-electron chi connectivity index (χ0n) is 11.5. The zero-order valence-corrected chi connectivity index (χ0v) is 11.5. The van der Waals surface area contributed by atoms with Gasteiger partial charge in [0.2, 0.25) is 0 Å². The van der Waals surface area contributed by atoms with Crippen LogP contribution < -0.4 is 15.4 Å². The molecular weight excluding hydrogens is 284 g/mol. The van der Waals surface area contributed by atoms with Crippen LogP contribution in [0.15, 0.2) is 54.6 Å². The summed E-state index contributed by atoms with van der Waals surface area (Å²) in [6, 6.07) is 15.0. The lowest BCUT2D eigenvalue weighted by molar-refractivity contribution is -0.119. The second-order valence-corrected chi connectivity index (χ2v) is 4.86. The first-order chi connectivity index (χ1) is 10.6. The van der Waals surface area contributed by atoms with Gasteiger partial charge in [-0.3, -0.25) is 4.79 Å². The van der Waals surface area contributed by atoms with Crippen LogP contribution in [0.2, 0.25) is 0 Å². The van der Waals surface area contributed by atoms with Crippen molar-refractivity contribution in [3.8, 4) is 5.75 Å². The molecule has 1 aliphatic heterocycles. The lowest BCUT2D eigenvalue weighted by Crippen LogP contribution is -2.47. The Morgan fingerprint density at radius 2 is 1.77 bits per heavy atom. The molecule has 22 heavy (non-hydrogen) atoms. The molecule has 0 bridgehead atoms. The number of benzene rings is 2. The van der Waals surface area contributed by atoms with Gasteiger partial charge in [0.1, 0.15) is 5.75 Å². The number of hydrogen-bond donors (Lipinski definition) is 3. The number of carboxylic acid groups (broad SMARTS) is 1. The van der Waals surface area contributed by atoms with Crippen molar-refractivity contribution >= 4 is 17.7 Å². The van der Waals surface area contributed by atoms with E-state index in [1.165, 1.54) is 0 Å². The van der Waals surface area contributed by atoms with Crippen LogP contribution in [-0.4, -0.2) is 23.1 Å². The van der Waals surface area contributed by atoms with E-state index in [0.29, 0.717) is 17.0 Å². The van der Waals surface area contributed by atoms with E-state index in [1.807, 2.05) is 18.2 Å².